The number of allylic oxidation sites excluding steroid dienone is 2. The standard InChI is InChI=1S/C19H18O8/c1-5-26-11-7-10(25-4)14(18(23)24)16-15(11)19(3)12(27-16)6-9(21)13(8(2)20)17(19)22/h6-7,13H,5H2,1-4H3,(H,23,24)/t13?,19-/m1/s1. The van der Waals surface area contributed by atoms with Gasteiger partial charge in [-0.2, -0.15) is 0 Å². The van der Waals surface area contributed by atoms with Gasteiger partial charge in [0.25, 0.3) is 0 Å². The van der Waals surface area contributed by atoms with Crippen molar-refractivity contribution in [3.63, 3.8) is 0 Å². The Morgan fingerprint density at radius 2 is 1.96 bits per heavy atom. The molecule has 27 heavy (non-hydrogen) atoms. The first kappa shape index (κ1) is 18.6. The van der Waals surface area contributed by atoms with E-state index in [9.17, 15) is 24.3 Å². The highest BCUT2D eigenvalue weighted by Crippen LogP contribution is 2.56. The second-order valence-electron chi connectivity index (χ2n) is 6.44. The summed E-state index contributed by atoms with van der Waals surface area (Å²) in [6, 6.07) is 1.37. The molecule has 0 saturated carbocycles. The van der Waals surface area contributed by atoms with Crippen LogP contribution in [0.1, 0.15) is 36.7 Å². The summed E-state index contributed by atoms with van der Waals surface area (Å²) in [4.78, 5) is 49.1. The van der Waals surface area contributed by atoms with E-state index in [4.69, 9.17) is 14.2 Å². The molecule has 3 rings (SSSR count). The van der Waals surface area contributed by atoms with Gasteiger partial charge in [-0.05, 0) is 20.8 Å². The molecular formula is C19H18O8. The smallest absolute Gasteiger partial charge is 0.343 e. The SMILES string of the molecule is CCOc1cc(OC)c(C(=O)O)c2c1[C@]1(C)C(=O)C(C(C)=O)C(=O)C=C1O2. The lowest BCUT2D eigenvalue weighted by molar-refractivity contribution is -0.140. The van der Waals surface area contributed by atoms with Crippen LogP contribution in [0.15, 0.2) is 17.9 Å². The Labute approximate surface area is 154 Å². The lowest BCUT2D eigenvalue weighted by Crippen LogP contribution is -2.47. The second kappa shape index (κ2) is 6.22. The zero-order chi connectivity index (χ0) is 20.1. The minimum atomic E-state index is -1.51. The van der Waals surface area contributed by atoms with Gasteiger partial charge in [-0.15, -0.1) is 0 Å². The minimum absolute atomic E-state index is 0.00515. The summed E-state index contributed by atoms with van der Waals surface area (Å²) in [5.41, 5.74) is -1.62. The Balaban J connectivity index is 2.38. The highest BCUT2D eigenvalue weighted by Gasteiger charge is 2.58. The van der Waals surface area contributed by atoms with Crippen LogP contribution in [0.25, 0.3) is 0 Å². The number of methoxy groups -OCH3 is 1. The maximum atomic E-state index is 13.1. The first-order chi connectivity index (χ1) is 12.7. The van der Waals surface area contributed by atoms with Gasteiger partial charge in [-0.3, -0.25) is 14.4 Å². The summed E-state index contributed by atoms with van der Waals surface area (Å²) in [5, 5.41) is 9.63. The maximum absolute atomic E-state index is 13.1. The molecule has 0 saturated heterocycles. The molecule has 1 aliphatic carbocycles. The monoisotopic (exact) mass is 374 g/mol. The molecule has 1 unspecified atom stereocenters. The second-order valence-corrected chi connectivity index (χ2v) is 6.44. The maximum Gasteiger partial charge on any atom is 0.343 e. The first-order valence-electron chi connectivity index (χ1n) is 8.28. The molecule has 0 bridgehead atoms. The van der Waals surface area contributed by atoms with Crippen molar-refractivity contribution in [2.45, 2.75) is 26.2 Å². The average Bonchev–Trinajstić information content (AvgIpc) is 2.88. The normalized spacial score (nSPS) is 23.1. The van der Waals surface area contributed by atoms with Crippen LogP contribution in [0.2, 0.25) is 0 Å². The lowest BCUT2D eigenvalue weighted by Gasteiger charge is -2.30. The number of aromatic carboxylic acids is 1. The number of carboxylic acid groups (broad SMARTS) is 1. The van der Waals surface area contributed by atoms with Gasteiger partial charge in [-0.1, -0.05) is 0 Å². The number of Topliss-reactive ketones (excluding diaryl/α,β-unsaturated/α-hetero) is 2. The Kier molecular flexibility index (Phi) is 4.29. The van der Waals surface area contributed by atoms with Crippen molar-refractivity contribution in [3.05, 3.63) is 29.0 Å². The van der Waals surface area contributed by atoms with E-state index in [2.05, 4.69) is 0 Å². The fraction of sp³-hybridized carbons (Fsp3) is 0.368. The Bertz CT molecular complexity index is 926. The van der Waals surface area contributed by atoms with Crippen molar-refractivity contribution in [1.29, 1.82) is 0 Å². The molecule has 2 aliphatic rings. The number of ether oxygens (including phenoxy) is 3. The van der Waals surface area contributed by atoms with E-state index in [1.54, 1.807) is 6.92 Å². The number of benzene rings is 1. The molecule has 1 heterocycles. The summed E-state index contributed by atoms with van der Waals surface area (Å²) < 4.78 is 16.4. The third kappa shape index (κ3) is 2.43. The lowest BCUT2D eigenvalue weighted by atomic mass is 9.67. The predicted octanol–water partition coefficient (Wildman–Crippen LogP) is 1.68. The van der Waals surface area contributed by atoms with Crippen LogP contribution in [0.5, 0.6) is 17.2 Å². The molecule has 0 radical (unpaired) electrons. The van der Waals surface area contributed by atoms with E-state index in [1.807, 2.05) is 0 Å². The molecule has 1 aromatic carbocycles. The van der Waals surface area contributed by atoms with Gasteiger partial charge in [0, 0.05) is 12.1 Å². The number of ketones is 3. The molecule has 1 aromatic rings. The zero-order valence-corrected chi connectivity index (χ0v) is 15.2. The van der Waals surface area contributed by atoms with Crippen LogP contribution in [-0.4, -0.2) is 42.1 Å². The molecule has 0 amide bonds. The molecule has 8 nitrogen and oxygen atoms in total. The molecule has 8 heteroatoms. The minimum Gasteiger partial charge on any atom is -0.496 e. The Morgan fingerprint density at radius 3 is 2.48 bits per heavy atom. The number of fused-ring (bicyclic) bond motifs is 3. The molecule has 1 aliphatic heterocycles. The van der Waals surface area contributed by atoms with E-state index >= 15 is 0 Å². The van der Waals surface area contributed by atoms with Crippen molar-refractivity contribution in [2.75, 3.05) is 13.7 Å². The van der Waals surface area contributed by atoms with E-state index < -0.39 is 34.7 Å². The molecular weight excluding hydrogens is 356 g/mol. The third-order valence-corrected chi connectivity index (χ3v) is 4.87. The van der Waals surface area contributed by atoms with Crippen molar-refractivity contribution in [2.24, 2.45) is 5.92 Å². The van der Waals surface area contributed by atoms with E-state index in [-0.39, 0.29) is 40.7 Å². The molecule has 1 N–H and O–H groups in total. The fourth-order valence-electron chi connectivity index (χ4n) is 3.59. The van der Waals surface area contributed by atoms with Crippen LogP contribution in [-0.2, 0) is 19.8 Å². The largest absolute Gasteiger partial charge is 0.496 e. The van der Waals surface area contributed by atoms with Crippen molar-refractivity contribution in [3.8, 4) is 17.2 Å². The van der Waals surface area contributed by atoms with Crippen molar-refractivity contribution < 1.29 is 38.5 Å². The predicted molar refractivity (Wildman–Crippen MR) is 91.4 cm³/mol. The van der Waals surface area contributed by atoms with Gasteiger partial charge in [0.1, 0.15) is 39.9 Å². The van der Waals surface area contributed by atoms with E-state index in [0.29, 0.717) is 0 Å². The highest BCUT2D eigenvalue weighted by atomic mass is 16.5. The van der Waals surface area contributed by atoms with Crippen LogP contribution in [0.4, 0.5) is 0 Å². The molecule has 2 atom stereocenters. The molecule has 0 aromatic heterocycles. The van der Waals surface area contributed by atoms with Gasteiger partial charge < -0.3 is 19.3 Å². The first-order valence-corrected chi connectivity index (χ1v) is 8.28. The Hall–Kier alpha value is -3.16. The number of hydrogen-bond donors (Lipinski definition) is 1. The van der Waals surface area contributed by atoms with E-state index in [1.165, 1.54) is 27.0 Å². The average molecular weight is 374 g/mol. The summed E-state index contributed by atoms with van der Waals surface area (Å²) in [6.45, 7) is 4.62. The van der Waals surface area contributed by atoms with Crippen LogP contribution in [0.3, 0.4) is 0 Å². The van der Waals surface area contributed by atoms with E-state index in [0.717, 1.165) is 6.08 Å². The number of hydrogen-bond acceptors (Lipinski definition) is 7. The third-order valence-electron chi connectivity index (χ3n) is 4.87. The molecule has 0 fully saturated rings. The summed E-state index contributed by atoms with van der Waals surface area (Å²) >= 11 is 0. The fourth-order valence-corrected chi connectivity index (χ4v) is 3.59. The quantitative estimate of drug-likeness (QED) is 0.774. The molecule has 142 valence electrons. The van der Waals surface area contributed by atoms with Gasteiger partial charge in [-0.25, -0.2) is 4.79 Å². The molecule has 0 spiro atoms. The number of rotatable bonds is 5. The Morgan fingerprint density at radius 1 is 1.30 bits per heavy atom. The van der Waals surface area contributed by atoms with Crippen molar-refractivity contribution >= 4 is 23.3 Å². The summed E-state index contributed by atoms with van der Waals surface area (Å²) in [7, 11) is 1.30. The van der Waals surface area contributed by atoms with Crippen molar-refractivity contribution in [1.82, 2.24) is 0 Å². The number of carboxylic acids is 1. The number of carbonyl (C=O) groups excluding carboxylic acids is 3. The number of carbonyl (C=O) groups is 4. The van der Waals surface area contributed by atoms with Crippen LogP contribution < -0.4 is 14.2 Å². The summed E-state index contributed by atoms with van der Waals surface area (Å²) in [6.07, 6.45) is 1.08. The summed E-state index contributed by atoms with van der Waals surface area (Å²) in [5.74, 6) is -4.67. The van der Waals surface area contributed by atoms with Gasteiger partial charge in [0.15, 0.2) is 17.3 Å². The van der Waals surface area contributed by atoms with Gasteiger partial charge >= 0.3 is 5.97 Å². The van der Waals surface area contributed by atoms with Crippen LogP contribution in [0, 0.1) is 5.92 Å². The van der Waals surface area contributed by atoms with Gasteiger partial charge in [0.2, 0.25) is 0 Å². The highest BCUT2D eigenvalue weighted by molar-refractivity contribution is 6.27. The zero-order valence-electron chi connectivity index (χ0n) is 15.2. The topological polar surface area (TPSA) is 116 Å². The van der Waals surface area contributed by atoms with Crippen LogP contribution >= 0.6 is 0 Å². The van der Waals surface area contributed by atoms with Gasteiger partial charge in [0.05, 0.1) is 19.3 Å².